The smallest absolute Gasteiger partial charge is 0.309 e. The van der Waals surface area contributed by atoms with Crippen molar-refractivity contribution in [2.75, 3.05) is 6.61 Å². The van der Waals surface area contributed by atoms with Crippen LogP contribution in [0.1, 0.15) is 82.8 Å². The summed E-state index contributed by atoms with van der Waals surface area (Å²) >= 11 is 0. The van der Waals surface area contributed by atoms with E-state index < -0.39 is 0 Å². The van der Waals surface area contributed by atoms with Crippen molar-refractivity contribution in [3.05, 3.63) is 84.0 Å². The fourth-order valence-electron chi connectivity index (χ4n) is 6.33. The van der Waals surface area contributed by atoms with Crippen LogP contribution in [-0.4, -0.2) is 12.6 Å². The summed E-state index contributed by atoms with van der Waals surface area (Å²) in [5.41, 5.74) is 5.11. The van der Waals surface area contributed by atoms with Gasteiger partial charge in [0.1, 0.15) is 6.61 Å². The number of carbonyl (C=O) groups is 1. The molecule has 0 bridgehead atoms. The first-order valence-corrected chi connectivity index (χ1v) is 13.7. The molecule has 1 fully saturated rings. The van der Waals surface area contributed by atoms with Crippen molar-refractivity contribution >= 4 is 5.97 Å². The van der Waals surface area contributed by atoms with Crippen molar-refractivity contribution in [3.8, 4) is 11.1 Å². The average molecular weight is 471 g/mol. The van der Waals surface area contributed by atoms with Gasteiger partial charge in [-0.3, -0.25) is 4.79 Å². The summed E-state index contributed by atoms with van der Waals surface area (Å²) in [4.78, 5) is 13.6. The molecule has 4 unspecified atom stereocenters. The lowest BCUT2D eigenvalue weighted by atomic mass is 9.72. The zero-order valence-corrected chi connectivity index (χ0v) is 21.8. The molecule has 2 heteroatoms. The average Bonchev–Trinajstić information content (AvgIpc) is 3.19. The summed E-state index contributed by atoms with van der Waals surface area (Å²) in [6, 6.07) is 17.1. The second kappa shape index (κ2) is 12.4. The van der Waals surface area contributed by atoms with Crippen LogP contribution in [0.15, 0.2) is 72.8 Å². The summed E-state index contributed by atoms with van der Waals surface area (Å²) in [5.74, 6) is 1.83. The Morgan fingerprint density at radius 1 is 0.943 bits per heavy atom. The van der Waals surface area contributed by atoms with E-state index in [2.05, 4.69) is 93.6 Å². The fourth-order valence-corrected chi connectivity index (χ4v) is 6.33. The number of ether oxygens (including phenoxy) is 1. The SMILES string of the molecule is CC=CCC(C)C1CCCCC(C(=O)OCC2c3ccccc3-c3ccccc32)C(CC=CC)C1. The second-order valence-electron chi connectivity index (χ2n) is 10.6. The summed E-state index contributed by atoms with van der Waals surface area (Å²) in [6.45, 7) is 7.01. The summed E-state index contributed by atoms with van der Waals surface area (Å²) < 4.78 is 6.17. The first kappa shape index (κ1) is 25.5. The van der Waals surface area contributed by atoms with Gasteiger partial charge in [0.2, 0.25) is 0 Å². The molecule has 0 aliphatic heterocycles. The van der Waals surface area contributed by atoms with E-state index in [0.717, 1.165) is 32.1 Å². The molecule has 0 spiro atoms. The first-order chi connectivity index (χ1) is 17.1. The number of rotatable bonds is 8. The minimum absolute atomic E-state index is 0.00481. The minimum Gasteiger partial charge on any atom is -0.464 e. The van der Waals surface area contributed by atoms with Crippen LogP contribution in [0.5, 0.6) is 0 Å². The monoisotopic (exact) mass is 470 g/mol. The Bertz CT molecular complexity index is 987. The number of hydrogen-bond acceptors (Lipinski definition) is 2. The molecule has 1 saturated carbocycles. The highest BCUT2D eigenvalue weighted by atomic mass is 16.5. The molecule has 0 aromatic heterocycles. The fraction of sp³-hybridized carbons (Fsp3) is 0.485. The Morgan fingerprint density at radius 3 is 2.23 bits per heavy atom. The largest absolute Gasteiger partial charge is 0.464 e. The second-order valence-corrected chi connectivity index (χ2v) is 10.6. The van der Waals surface area contributed by atoms with Crippen LogP contribution in [-0.2, 0) is 9.53 Å². The molecule has 0 heterocycles. The van der Waals surface area contributed by atoms with Crippen molar-refractivity contribution < 1.29 is 9.53 Å². The molecule has 35 heavy (non-hydrogen) atoms. The molecule has 0 saturated heterocycles. The summed E-state index contributed by atoms with van der Waals surface area (Å²) in [6.07, 6.45) is 16.6. The van der Waals surface area contributed by atoms with E-state index in [-0.39, 0.29) is 17.8 Å². The Morgan fingerprint density at radius 2 is 1.57 bits per heavy atom. The number of fused-ring (bicyclic) bond motifs is 3. The number of benzene rings is 2. The standard InChI is InChI=1S/C33H42O2/c1-4-6-14-24(3)25-16-8-9-17-27(26(22-25)15-7-5-2)33(34)35-23-32-30-20-12-10-18-28(30)29-19-11-13-21-31(29)32/h4-7,10-13,18-21,24-27,32H,8-9,14-17,22-23H2,1-3H3. The van der Waals surface area contributed by atoms with Gasteiger partial charge in [-0.1, -0.05) is 99.0 Å². The van der Waals surface area contributed by atoms with Crippen LogP contribution < -0.4 is 0 Å². The molecule has 0 radical (unpaired) electrons. The lowest BCUT2D eigenvalue weighted by Crippen LogP contribution is -2.31. The first-order valence-electron chi connectivity index (χ1n) is 13.7. The van der Waals surface area contributed by atoms with Crippen LogP contribution in [0, 0.1) is 23.7 Å². The Balaban J connectivity index is 1.49. The zero-order chi connectivity index (χ0) is 24.6. The van der Waals surface area contributed by atoms with Gasteiger partial charge in [-0.15, -0.1) is 0 Å². The zero-order valence-electron chi connectivity index (χ0n) is 21.8. The van der Waals surface area contributed by atoms with Gasteiger partial charge < -0.3 is 4.74 Å². The van der Waals surface area contributed by atoms with Crippen molar-refractivity contribution in [2.24, 2.45) is 23.7 Å². The lowest BCUT2D eigenvalue weighted by Gasteiger charge is -2.34. The minimum atomic E-state index is -0.00481. The van der Waals surface area contributed by atoms with Gasteiger partial charge in [-0.25, -0.2) is 0 Å². The number of hydrogen-bond donors (Lipinski definition) is 0. The van der Waals surface area contributed by atoms with E-state index in [1.54, 1.807) is 0 Å². The molecule has 2 nitrogen and oxygen atoms in total. The molecule has 0 N–H and O–H groups in total. The maximum atomic E-state index is 13.6. The molecule has 0 amide bonds. The van der Waals surface area contributed by atoms with Gasteiger partial charge >= 0.3 is 5.97 Å². The third-order valence-electron chi connectivity index (χ3n) is 8.40. The Hall–Kier alpha value is -2.61. The molecular weight excluding hydrogens is 428 g/mol. The van der Waals surface area contributed by atoms with Crippen LogP contribution in [0.3, 0.4) is 0 Å². The van der Waals surface area contributed by atoms with Gasteiger partial charge in [-0.2, -0.15) is 0 Å². The summed E-state index contributed by atoms with van der Waals surface area (Å²) in [5, 5.41) is 0. The highest BCUT2D eigenvalue weighted by Crippen LogP contribution is 2.45. The molecular formula is C33H42O2. The third kappa shape index (κ3) is 5.97. The number of esters is 1. The quantitative estimate of drug-likeness (QED) is 0.285. The maximum Gasteiger partial charge on any atom is 0.309 e. The van der Waals surface area contributed by atoms with Gasteiger partial charge in [0.25, 0.3) is 0 Å². The Kier molecular flexibility index (Phi) is 9.01. The predicted molar refractivity (Wildman–Crippen MR) is 146 cm³/mol. The van der Waals surface area contributed by atoms with E-state index in [0.29, 0.717) is 24.4 Å². The van der Waals surface area contributed by atoms with Crippen LogP contribution in [0.4, 0.5) is 0 Å². The van der Waals surface area contributed by atoms with E-state index in [9.17, 15) is 4.79 Å². The van der Waals surface area contributed by atoms with Crippen molar-refractivity contribution in [1.82, 2.24) is 0 Å². The highest BCUT2D eigenvalue weighted by molar-refractivity contribution is 5.79. The molecule has 4 atom stereocenters. The third-order valence-corrected chi connectivity index (χ3v) is 8.40. The topological polar surface area (TPSA) is 26.3 Å². The molecule has 4 rings (SSSR count). The Labute approximate surface area is 212 Å². The van der Waals surface area contributed by atoms with E-state index in [1.165, 1.54) is 35.1 Å². The molecule has 2 aromatic rings. The van der Waals surface area contributed by atoms with Crippen LogP contribution in [0.2, 0.25) is 0 Å². The van der Waals surface area contributed by atoms with Crippen LogP contribution in [0.25, 0.3) is 11.1 Å². The number of carbonyl (C=O) groups excluding carboxylic acids is 1. The molecule has 2 aliphatic rings. The van der Waals surface area contributed by atoms with E-state index in [4.69, 9.17) is 4.74 Å². The molecule has 186 valence electrons. The maximum absolute atomic E-state index is 13.6. The number of allylic oxidation sites excluding steroid dienone is 4. The van der Waals surface area contributed by atoms with Gasteiger partial charge in [0.05, 0.1) is 5.92 Å². The van der Waals surface area contributed by atoms with Gasteiger partial charge in [-0.05, 0) is 79.5 Å². The van der Waals surface area contributed by atoms with E-state index in [1.807, 2.05) is 0 Å². The van der Waals surface area contributed by atoms with Gasteiger partial charge in [0, 0.05) is 5.92 Å². The molecule has 2 aromatic carbocycles. The lowest BCUT2D eigenvalue weighted by molar-refractivity contribution is -0.151. The normalized spacial score (nSPS) is 23.6. The predicted octanol–water partition coefficient (Wildman–Crippen LogP) is 8.72. The van der Waals surface area contributed by atoms with Crippen molar-refractivity contribution in [1.29, 1.82) is 0 Å². The summed E-state index contributed by atoms with van der Waals surface area (Å²) in [7, 11) is 0. The highest BCUT2D eigenvalue weighted by Gasteiger charge is 2.35. The van der Waals surface area contributed by atoms with Crippen molar-refractivity contribution in [2.45, 2.75) is 71.6 Å². The van der Waals surface area contributed by atoms with E-state index >= 15 is 0 Å². The van der Waals surface area contributed by atoms with Crippen LogP contribution >= 0.6 is 0 Å². The van der Waals surface area contributed by atoms with Crippen molar-refractivity contribution in [3.63, 3.8) is 0 Å². The molecule has 2 aliphatic carbocycles. The van der Waals surface area contributed by atoms with Gasteiger partial charge in [0.15, 0.2) is 0 Å².